The van der Waals surface area contributed by atoms with Gasteiger partial charge in [-0.3, -0.25) is 0 Å². The number of carbonyl (C=O) groups excluding carboxylic acids is 1. The van der Waals surface area contributed by atoms with Crippen LogP contribution in [0.4, 0.5) is 0 Å². The molecule has 14 heavy (non-hydrogen) atoms. The van der Waals surface area contributed by atoms with E-state index < -0.39 is 12.1 Å². The lowest BCUT2D eigenvalue weighted by Crippen LogP contribution is -2.23. The van der Waals surface area contributed by atoms with E-state index in [4.69, 9.17) is 14.9 Å². The van der Waals surface area contributed by atoms with Gasteiger partial charge in [-0.2, -0.15) is 0 Å². The molecule has 0 radical (unpaired) electrons. The lowest BCUT2D eigenvalue weighted by molar-refractivity contribution is -0.154. The first kappa shape index (κ1) is 13.4. The van der Waals surface area contributed by atoms with E-state index in [1.807, 2.05) is 6.92 Å². The summed E-state index contributed by atoms with van der Waals surface area (Å²) in [5, 5.41) is 17.7. The van der Waals surface area contributed by atoms with Gasteiger partial charge in [0.2, 0.25) is 0 Å². The summed E-state index contributed by atoms with van der Waals surface area (Å²) in [6, 6.07) is 0. The molecule has 2 unspecified atom stereocenters. The van der Waals surface area contributed by atoms with Crippen LogP contribution in [0.3, 0.4) is 0 Å². The lowest BCUT2D eigenvalue weighted by Gasteiger charge is -2.11. The number of hydrogen-bond donors (Lipinski definition) is 2. The van der Waals surface area contributed by atoms with Crippen LogP contribution in [0.1, 0.15) is 33.1 Å². The second-order valence-electron chi connectivity index (χ2n) is 3.50. The highest BCUT2D eigenvalue weighted by Gasteiger charge is 2.13. The van der Waals surface area contributed by atoms with Crippen molar-refractivity contribution in [3.8, 4) is 0 Å². The average molecular weight is 204 g/mol. The first-order valence-corrected chi connectivity index (χ1v) is 5.07. The fraction of sp³-hybridized carbons (Fsp3) is 0.900. The van der Waals surface area contributed by atoms with E-state index in [9.17, 15) is 4.79 Å². The van der Waals surface area contributed by atoms with Crippen LogP contribution in [0.5, 0.6) is 0 Å². The Hall–Kier alpha value is -0.610. The van der Waals surface area contributed by atoms with E-state index in [2.05, 4.69) is 0 Å². The molecule has 4 nitrogen and oxygen atoms in total. The van der Waals surface area contributed by atoms with Crippen molar-refractivity contribution in [3.63, 3.8) is 0 Å². The molecule has 0 aromatic heterocycles. The van der Waals surface area contributed by atoms with Crippen LogP contribution in [-0.2, 0) is 9.53 Å². The quantitative estimate of drug-likeness (QED) is 0.599. The third kappa shape index (κ3) is 5.94. The normalized spacial score (nSPS) is 14.9. The highest BCUT2D eigenvalue weighted by molar-refractivity contribution is 5.74. The Morgan fingerprint density at radius 3 is 2.57 bits per heavy atom. The summed E-state index contributed by atoms with van der Waals surface area (Å²) >= 11 is 0. The van der Waals surface area contributed by atoms with Gasteiger partial charge in [0.1, 0.15) is 0 Å². The van der Waals surface area contributed by atoms with Crippen molar-refractivity contribution in [2.45, 2.75) is 39.2 Å². The SMILES string of the molecule is CCC(O)C(=O)OCCC(C)CCO. The van der Waals surface area contributed by atoms with E-state index in [-0.39, 0.29) is 6.61 Å². The number of aliphatic hydroxyl groups excluding tert-OH is 2. The molecule has 2 N–H and O–H groups in total. The first-order chi connectivity index (χ1) is 6.61. The summed E-state index contributed by atoms with van der Waals surface area (Å²) in [4.78, 5) is 11.0. The molecule has 0 saturated heterocycles. The van der Waals surface area contributed by atoms with Crippen LogP contribution < -0.4 is 0 Å². The minimum Gasteiger partial charge on any atom is -0.464 e. The Morgan fingerprint density at radius 2 is 2.07 bits per heavy atom. The Balaban J connectivity index is 3.48. The molecule has 4 heteroatoms. The van der Waals surface area contributed by atoms with Gasteiger partial charge >= 0.3 is 5.97 Å². The van der Waals surface area contributed by atoms with Gasteiger partial charge in [0.25, 0.3) is 0 Å². The molecule has 2 atom stereocenters. The van der Waals surface area contributed by atoms with Gasteiger partial charge in [0, 0.05) is 6.61 Å². The van der Waals surface area contributed by atoms with Crippen molar-refractivity contribution in [1.29, 1.82) is 0 Å². The van der Waals surface area contributed by atoms with Crippen molar-refractivity contribution in [3.05, 3.63) is 0 Å². The van der Waals surface area contributed by atoms with Crippen LogP contribution in [0.15, 0.2) is 0 Å². The molecular weight excluding hydrogens is 184 g/mol. The van der Waals surface area contributed by atoms with Crippen LogP contribution in [0.25, 0.3) is 0 Å². The standard InChI is InChI=1S/C10H20O4/c1-3-9(12)10(13)14-7-5-8(2)4-6-11/h8-9,11-12H,3-7H2,1-2H3. The van der Waals surface area contributed by atoms with Crippen LogP contribution in [0.2, 0.25) is 0 Å². The molecule has 0 fully saturated rings. The summed E-state index contributed by atoms with van der Waals surface area (Å²) in [5.74, 6) is -0.213. The van der Waals surface area contributed by atoms with Gasteiger partial charge in [0.05, 0.1) is 6.61 Å². The van der Waals surface area contributed by atoms with E-state index in [0.717, 1.165) is 6.42 Å². The molecule has 0 amide bonds. The highest BCUT2D eigenvalue weighted by Crippen LogP contribution is 2.06. The monoisotopic (exact) mass is 204 g/mol. The summed E-state index contributed by atoms with van der Waals surface area (Å²) in [6.45, 7) is 4.18. The molecule has 0 rings (SSSR count). The first-order valence-electron chi connectivity index (χ1n) is 5.07. The Kier molecular flexibility index (Phi) is 7.42. The van der Waals surface area contributed by atoms with Crippen molar-refractivity contribution in [2.24, 2.45) is 5.92 Å². The van der Waals surface area contributed by atoms with Gasteiger partial charge in [0.15, 0.2) is 6.10 Å². The van der Waals surface area contributed by atoms with Gasteiger partial charge in [-0.1, -0.05) is 13.8 Å². The smallest absolute Gasteiger partial charge is 0.334 e. The maximum Gasteiger partial charge on any atom is 0.334 e. The zero-order chi connectivity index (χ0) is 11.0. The number of ether oxygens (including phenoxy) is 1. The molecule has 0 aromatic rings. The molecule has 0 aromatic carbocycles. The fourth-order valence-electron chi connectivity index (χ4n) is 0.988. The van der Waals surface area contributed by atoms with E-state index in [1.54, 1.807) is 6.92 Å². The second-order valence-corrected chi connectivity index (χ2v) is 3.50. The number of hydrogen-bond acceptors (Lipinski definition) is 4. The highest BCUT2D eigenvalue weighted by atomic mass is 16.5. The summed E-state index contributed by atoms with van der Waals surface area (Å²) in [7, 11) is 0. The predicted octanol–water partition coefficient (Wildman–Crippen LogP) is 0.709. The van der Waals surface area contributed by atoms with Gasteiger partial charge in [-0.05, 0) is 25.2 Å². The fourth-order valence-corrected chi connectivity index (χ4v) is 0.988. The molecule has 0 heterocycles. The van der Waals surface area contributed by atoms with E-state index in [0.29, 0.717) is 25.4 Å². The van der Waals surface area contributed by atoms with Crippen molar-refractivity contribution in [1.82, 2.24) is 0 Å². The van der Waals surface area contributed by atoms with Crippen molar-refractivity contribution in [2.75, 3.05) is 13.2 Å². The zero-order valence-corrected chi connectivity index (χ0v) is 8.90. The average Bonchev–Trinajstić information content (AvgIpc) is 2.16. The molecule has 0 aliphatic rings. The Bertz CT molecular complexity index is 158. The molecule has 0 saturated carbocycles. The minimum absolute atomic E-state index is 0.159. The molecule has 84 valence electrons. The number of carbonyl (C=O) groups is 1. The summed E-state index contributed by atoms with van der Waals surface area (Å²) in [5.41, 5.74) is 0. The minimum atomic E-state index is -0.997. The maximum atomic E-state index is 11.0. The third-order valence-electron chi connectivity index (χ3n) is 2.14. The van der Waals surface area contributed by atoms with Gasteiger partial charge in [-0.15, -0.1) is 0 Å². The lowest BCUT2D eigenvalue weighted by atomic mass is 10.1. The van der Waals surface area contributed by atoms with Crippen LogP contribution in [0, 0.1) is 5.92 Å². The number of rotatable bonds is 7. The number of aliphatic hydroxyl groups is 2. The molecule has 0 bridgehead atoms. The molecule has 0 aliphatic heterocycles. The molecule has 0 spiro atoms. The summed E-state index contributed by atoms with van der Waals surface area (Å²) < 4.78 is 4.84. The molecule has 0 aliphatic carbocycles. The Morgan fingerprint density at radius 1 is 1.43 bits per heavy atom. The van der Waals surface area contributed by atoms with Crippen molar-refractivity contribution >= 4 is 5.97 Å². The van der Waals surface area contributed by atoms with E-state index >= 15 is 0 Å². The second kappa shape index (κ2) is 7.76. The maximum absolute atomic E-state index is 11.0. The van der Waals surface area contributed by atoms with Crippen LogP contribution >= 0.6 is 0 Å². The predicted molar refractivity (Wildman–Crippen MR) is 52.7 cm³/mol. The number of esters is 1. The zero-order valence-electron chi connectivity index (χ0n) is 8.90. The topological polar surface area (TPSA) is 66.8 Å². The van der Waals surface area contributed by atoms with E-state index in [1.165, 1.54) is 0 Å². The molecular formula is C10H20O4. The van der Waals surface area contributed by atoms with Crippen LogP contribution in [-0.4, -0.2) is 35.5 Å². The largest absolute Gasteiger partial charge is 0.464 e. The Labute approximate surface area is 84.9 Å². The third-order valence-corrected chi connectivity index (χ3v) is 2.14. The summed E-state index contributed by atoms with van der Waals surface area (Å²) in [6.07, 6.45) is 0.824. The van der Waals surface area contributed by atoms with Gasteiger partial charge < -0.3 is 14.9 Å². The van der Waals surface area contributed by atoms with Crippen molar-refractivity contribution < 1.29 is 19.7 Å². The van der Waals surface area contributed by atoms with Gasteiger partial charge in [-0.25, -0.2) is 4.79 Å².